The molecule has 2 heterocycles. The summed E-state index contributed by atoms with van der Waals surface area (Å²) in [5.41, 5.74) is 1.76. The number of unbranched alkanes of at least 4 members (excludes halogenated alkanes) is 2. The number of carbonyl (C=O) groups excluding carboxylic acids is 1. The van der Waals surface area contributed by atoms with Crippen molar-refractivity contribution in [1.82, 2.24) is 15.2 Å². The third-order valence-electron chi connectivity index (χ3n) is 5.05. The molecule has 1 N–H and O–H groups in total. The van der Waals surface area contributed by atoms with Gasteiger partial charge in [0.05, 0.1) is 0 Å². The van der Waals surface area contributed by atoms with Gasteiger partial charge in [-0.1, -0.05) is 38.3 Å². The Labute approximate surface area is 149 Å². The fraction of sp³-hybridized carbons (Fsp3) is 0.600. The molecule has 1 aromatic heterocycles. The van der Waals surface area contributed by atoms with Crippen molar-refractivity contribution in [3.63, 3.8) is 0 Å². The van der Waals surface area contributed by atoms with Crippen molar-refractivity contribution in [2.45, 2.75) is 64.3 Å². The number of rotatable bonds is 6. The van der Waals surface area contributed by atoms with E-state index in [2.05, 4.69) is 24.1 Å². The Bertz CT molecular complexity index is 656. The van der Waals surface area contributed by atoms with Crippen molar-refractivity contribution >= 4 is 17.1 Å². The van der Waals surface area contributed by atoms with Crippen LogP contribution in [0.3, 0.4) is 0 Å². The molecule has 2 aromatic rings. The predicted molar refractivity (Wildman–Crippen MR) is 99.7 cm³/mol. The summed E-state index contributed by atoms with van der Waals surface area (Å²) in [6.45, 7) is 5.82. The number of carbonyl (C=O) groups is 1. The normalized spacial score (nSPS) is 17.0. The third kappa shape index (κ3) is 4.53. The molecule has 0 aliphatic carbocycles. The Morgan fingerprint density at radius 3 is 2.80 bits per heavy atom. The molecule has 0 bridgehead atoms. The molecule has 2 amide bonds. The molecule has 0 saturated carbocycles. The van der Waals surface area contributed by atoms with Crippen LogP contribution in [0, 0.1) is 0 Å². The number of nitrogens with one attached hydrogen (secondary N) is 1. The van der Waals surface area contributed by atoms with Crippen LogP contribution in [0.4, 0.5) is 4.79 Å². The van der Waals surface area contributed by atoms with Crippen molar-refractivity contribution < 1.29 is 9.21 Å². The lowest BCUT2D eigenvalue weighted by Crippen LogP contribution is -2.46. The van der Waals surface area contributed by atoms with Crippen LogP contribution in [0.25, 0.3) is 11.1 Å². The Hall–Kier alpha value is -2.04. The zero-order valence-corrected chi connectivity index (χ0v) is 15.3. The number of hydrogen-bond donors (Lipinski definition) is 1. The molecule has 0 radical (unpaired) electrons. The van der Waals surface area contributed by atoms with Gasteiger partial charge in [-0.05, 0) is 38.3 Å². The monoisotopic (exact) mass is 343 g/mol. The van der Waals surface area contributed by atoms with E-state index in [1.165, 1.54) is 19.3 Å². The van der Waals surface area contributed by atoms with Gasteiger partial charge in [0.15, 0.2) is 11.5 Å². The molecular formula is C20H29N3O2. The van der Waals surface area contributed by atoms with E-state index in [0.717, 1.165) is 49.3 Å². The van der Waals surface area contributed by atoms with Crippen molar-refractivity contribution in [2.75, 3.05) is 13.1 Å². The van der Waals surface area contributed by atoms with E-state index in [4.69, 9.17) is 4.42 Å². The lowest BCUT2D eigenvalue weighted by atomic mass is 9.97. The molecule has 1 aliphatic rings. The lowest BCUT2D eigenvalue weighted by molar-refractivity contribution is 0.174. The maximum Gasteiger partial charge on any atom is 0.317 e. The molecule has 1 unspecified atom stereocenters. The molecule has 25 heavy (non-hydrogen) atoms. The van der Waals surface area contributed by atoms with E-state index >= 15 is 0 Å². The fourth-order valence-corrected chi connectivity index (χ4v) is 3.47. The highest BCUT2D eigenvalue weighted by molar-refractivity contribution is 5.74. The molecule has 1 aliphatic heterocycles. The molecule has 1 atom stereocenters. The number of amides is 2. The molecule has 5 nitrogen and oxygen atoms in total. The summed E-state index contributed by atoms with van der Waals surface area (Å²) in [7, 11) is 0. The van der Waals surface area contributed by atoms with Crippen molar-refractivity contribution in [2.24, 2.45) is 0 Å². The van der Waals surface area contributed by atoms with Crippen LogP contribution in [0.15, 0.2) is 28.7 Å². The standard InChI is InChI=1S/C20H29N3O2/c1-3-4-5-8-15(2)21-20(24)23-13-11-16(12-14-23)19-22-17-9-6-7-10-18(17)25-19/h6-7,9-10,15-16H,3-5,8,11-14H2,1-2H3,(H,21,24). The van der Waals surface area contributed by atoms with Gasteiger partial charge < -0.3 is 14.6 Å². The van der Waals surface area contributed by atoms with Crippen LogP contribution in [0.2, 0.25) is 0 Å². The summed E-state index contributed by atoms with van der Waals surface area (Å²) >= 11 is 0. The van der Waals surface area contributed by atoms with Crippen LogP contribution in [-0.2, 0) is 0 Å². The third-order valence-corrected chi connectivity index (χ3v) is 5.05. The van der Waals surface area contributed by atoms with Crippen LogP contribution >= 0.6 is 0 Å². The number of urea groups is 1. The van der Waals surface area contributed by atoms with E-state index < -0.39 is 0 Å². The minimum absolute atomic E-state index is 0.0695. The molecule has 3 rings (SSSR count). The number of para-hydroxylation sites is 2. The lowest BCUT2D eigenvalue weighted by Gasteiger charge is -2.31. The second kappa shape index (κ2) is 8.37. The minimum Gasteiger partial charge on any atom is -0.440 e. The zero-order valence-electron chi connectivity index (χ0n) is 15.3. The fourth-order valence-electron chi connectivity index (χ4n) is 3.47. The van der Waals surface area contributed by atoms with Gasteiger partial charge in [0.1, 0.15) is 5.52 Å². The summed E-state index contributed by atoms with van der Waals surface area (Å²) in [5.74, 6) is 1.12. The number of piperidine rings is 1. The van der Waals surface area contributed by atoms with Gasteiger partial charge in [0.25, 0.3) is 0 Å². The van der Waals surface area contributed by atoms with E-state index in [1.54, 1.807) is 0 Å². The molecule has 1 fully saturated rings. The molecule has 1 saturated heterocycles. The SMILES string of the molecule is CCCCCC(C)NC(=O)N1CCC(c2nc3ccccc3o2)CC1. The summed E-state index contributed by atoms with van der Waals surface area (Å²) in [6, 6.07) is 8.18. The first kappa shape index (κ1) is 17.8. The second-order valence-electron chi connectivity index (χ2n) is 7.13. The van der Waals surface area contributed by atoms with Gasteiger partial charge in [-0.2, -0.15) is 0 Å². The van der Waals surface area contributed by atoms with E-state index in [1.807, 2.05) is 29.2 Å². The predicted octanol–water partition coefficient (Wildman–Crippen LogP) is 4.69. The van der Waals surface area contributed by atoms with Gasteiger partial charge in [0, 0.05) is 25.0 Å². The molecule has 0 spiro atoms. The van der Waals surface area contributed by atoms with Gasteiger partial charge in [-0.3, -0.25) is 0 Å². The molecular weight excluding hydrogens is 314 g/mol. The average molecular weight is 343 g/mol. The highest BCUT2D eigenvalue weighted by Crippen LogP contribution is 2.29. The largest absolute Gasteiger partial charge is 0.440 e. The number of likely N-dealkylation sites (tertiary alicyclic amines) is 1. The Kier molecular flexibility index (Phi) is 5.95. The van der Waals surface area contributed by atoms with Crippen LogP contribution in [-0.4, -0.2) is 35.0 Å². The van der Waals surface area contributed by atoms with Gasteiger partial charge in [-0.25, -0.2) is 9.78 Å². The first-order chi connectivity index (χ1) is 12.2. The van der Waals surface area contributed by atoms with Crippen molar-refractivity contribution in [3.8, 4) is 0 Å². The number of benzene rings is 1. The van der Waals surface area contributed by atoms with E-state index in [-0.39, 0.29) is 12.1 Å². The Balaban J connectivity index is 1.48. The van der Waals surface area contributed by atoms with Gasteiger partial charge >= 0.3 is 6.03 Å². The number of nitrogens with zero attached hydrogens (tertiary/aromatic N) is 2. The van der Waals surface area contributed by atoms with Gasteiger partial charge in [-0.15, -0.1) is 0 Å². The smallest absolute Gasteiger partial charge is 0.317 e. The quantitative estimate of drug-likeness (QED) is 0.774. The molecule has 5 heteroatoms. The summed E-state index contributed by atoms with van der Waals surface area (Å²) < 4.78 is 5.89. The number of hydrogen-bond acceptors (Lipinski definition) is 3. The Morgan fingerprint density at radius 1 is 1.32 bits per heavy atom. The summed E-state index contributed by atoms with van der Waals surface area (Å²) in [4.78, 5) is 18.9. The summed E-state index contributed by atoms with van der Waals surface area (Å²) in [6.07, 6.45) is 6.49. The number of fused-ring (bicyclic) bond motifs is 1. The van der Waals surface area contributed by atoms with Gasteiger partial charge in [0.2, 0.25) is 0 Å². The minimum atomic E-state index is 0.0695. The highest BCUT2D eigenvalue weighted by atomic mass is 16.3. The number of aromatic nitrogens is 1. The van der Waals surface area contributed by atoms with E-state index in [9.17, 15) is 4.79 Å². The Morgan fingerprint density at radius 2 is 2.08 bits per heavy atom. The number of oxazole rings is 1. The first-order valence-corrected chi connectivity index (χ1v) is 9.58. The molecule has 1 aromatic carbocycles. The molecule has 136 valence electrons. The maximum absolute atomic E-state index is 12.4. The maximum atomic E-state index is 12.4. The van der Waals surface area contributed by atoms with Crippen LogP contribution in [0.1, 0.15) is 64.2 Å². The first-order valence-electron chi connectivity index (χ1n) is 9.58. The van der Waals surface area contributed by atoms with Crippen molar-refractivity contribution in [1.29, 1.82) is 0 Å². The van der Waals surface area contributed by atoms with E-state index in [0.29, 0.717) is 5.92 Å². The average Bonchev–Trinajstić information content (AvgIpc) is 3.06. The zero-order chi connectivity index (χ0) is 17.6. The van der Waals surface area contributed by atoms with Crippen LogP contribution in [0.5, 0.6) is 0 Å². The second-order valence-corrected chi connectivity index (χ2v) is 7.13. The van der Waals surface area contributed by atoms with Crippen LogP contribution < -0.4 is 5.32 Å². The van der Waals surface area contributed by atoms with Crippen molar-refractivity contribution in [3.05, 3.63) is 30.2 Å². The highest BCUT2D eigenvalue weighted by Gasteiger charge is 2.27. The topological polar surface area (TPSA) is 58.4 Å². The summed E-state index contributed by atoms with van der Waals surface area (Å²) in [5, 5.41) is 3.13.